The standard InChI is InChI=1S/C19H24N2O2/c1-12(2)15-10-13(8-9-17(15)23-3)11-16-19(22)21-18(20-16)14-6-4-5-7-14/h8-12,14H,4-7H2,1-3H3,(H,20,21,22)/b16-11+. The number of amidine groups is 1. The Morgan fingerprint density at radius 3 is 2.70 bits per heavy atom. The molecule has 122 valence electrons. The Morgan fingerprint density at radius 2 is 2.04 bits per heavy atom. The number of hydrogen-bond acceptors (Lipinski definition) is 3. The first-order chi connectivity index (χ1) is 11.1. The van der Waals surface area contributed by atoms with Gasteiger partial charge >= 0.3 is 0 Å². The molecule has 4 heteroatoms. The van der Waals surface area contributed by atoms with Gasteiger partial charge in [0.15, 0.2) is 0 Å². The molecule has 1 amide bonds. The number of nitrogens with one attached hydrogen (secondary N) is 1. The third kappa shape index (κ3) is 3.31. The van der Waals surface area contributed by atoms with Crippen LogP contribution in [-0.4, -0.2) is 18.9 Å². The highest BCUT2D eigenvalue weighted by molar-refractivity contribution is 6.15. The molecule has 1 heterocycles. The van der Waals surface area contributed by atoms with Crippen molar-refractivity contribution in [2.24, 2.45) is 10.9 Å². The second-order valence-electron chi connectivity index (χ2n) is 6.62. The molecule has 0 radical (unpaired) electrons. The quantitative estimate of drug-likeness (QED) is 0.858. The van der Waals surface area contributed by atoms with Gasteiger partial charge in [-0.05, 0) is 48.1 Å². The number of amides is 1. The molecule has 1 aromatic rings. The Hall–Kier alpha value is -2.10. The molecule has 1 saturated carbocycles. The lowest BCUT2D eigenvalue weighted by atomic mass is 9.99. The van der Waals surface area contributed by atoms with E-state index in [9.17, 15) is 4.79 Å². The van der Waals surface area contributed by atoms with Crippen LogP contribution in [0.1, 0.15) is 56.6 Å². The zero-order valence-electron chi connectivity index (χ0n) is 14.1. The average Bonchev–Trinajstić information content (AvgIpc) is 3.17. The van der Waals surface area contributed by atoms with Gasteiger partial charge < -0.3 is 10.1 Å². The van der Waals surface area contributed by atoms with Crippen molar-refractivity contribution in [1.82, 2.24) is 5.32 Å². The van der Waals surface area contributed by atoms with Gasteiger partial charge in [-0.15, -0.1) is 0 Å². The van der Waals surface area contributed by atoms with Gasteiger partial charge in [-0.1, -0.05) is 32.8 Å². The van der Waals surface area contributed by atoms with Crippen LogP contribution in [0.3, 0.4) is 0 Å². The molecule has 1 aliphatic heterocycles. The lowest BCUT2D eigenvalue weighted by Gasteiger charge is -2.12. The molecular formula is C19H24N2O2. The Bertz CT molecular complexity index is 668. The summed E-state index contributed by atoms with van der Waals surface area (Å²) >= 11 is 0. The summed E-state index contributed by atoms with van der Waals surface area (Å²) < 4.78 is 5.41. The zero-order valence-corrected chi connectivity index (χ0v) is 14.1. The van der Waals surface area contributed by atoms with Gasteiger partial charge in [0.05, 0.1) is 7.11 Å². The highest BCUT2D eigenvalue weighted by Gasteiger charge is 2.28. The maximum Gasteiger partial charge on any atom is 0.275 e. The van der Waals surface area contributed by atoms with Gasteiger partial charge in [-0.2, -0.15) is 0 Å². The number of nitrogens with zero attached hydrogens (tertiary/aromatic N) is 1. The van der Waals surface area contributed by atoms with Gasteiger partial charge in [-0.3, -0.25) is 4.79 Å². The predicted octanol–water partition coefficient (Wildman–Crippen LogP) is 3.88. The molecular weight excluding hydrogens is 288 g/mol. The third-order valence-corrected chi connectivity index (χ3v) is 4.64. The van der Waals surface area contributed by atoms with Crippen molar-refractivity contribution in [2.45, 2.75) is 45.4 Å². The molecule has 0 spiro atoms. The molecule has 3 rings (SSSR count). The number of carbonyl (C=O) groups is 1. The average molecular weight is 312 g/mol. The monoisotopic (exact) mass is 312 g/mol. The van der Waals surface area contributed by atoms with E-state index in [4.69, 9.17) is 4.74 Å². The Kier molecular flexibility index (Phi) is 4.51. The first-order valence-corrected chi connectivity index (χ1v) is 8.38. The molecule has 0 aromatic heterocycles. The van der Waals surface area contributed by atoms with E-state index in [1.807, 2.05) is 18.2 Å². The molecule has 0 saturated heterocycles. The van der Waals surface area contributed by atoms with Crippen LogP contribution in [0.2, 0.25) is 0 Å². The Labute approximate surface area is 137 Å². The van der Waals surface area contributed by atoms with E-state index in [0.29, 0.717) is 17.5 Å². The summed E-state index contributed by atoms with van der Waals surface area (Å²) in [6.07, 6.45) is 6.59. The van der Waals surface area contributed by atoms with Crippen LogP contribution in [0.15, 0.2) is 28.9 Å². The van der Waals surface area contributed by atoms with Crippen LogP contribution < -0.4 is 10.1 Å². The number of benzene rings is 1. The molecule has 0 atom stereocenters. The van der Waals surface area contributed by atoms with E-state index >= 15 is 0 Å². The molecule has 0 unspecified atom stereocenters. The van der Waals surface area contributed by atoms with Crippen molar-refractivity contribution in [3.05, 3.63) is 35.0 Å². The second-order valence-corrected chi connectivity index (χ2v) is 6.62. The molecule has 1 N–H and O–H groups in total. The smallest absolute Gasteiger partial charge is 0.275 e. The highest BCUT2D eigenvalue weighted by Crippen LogP contribution is 2.30. The topological polar surface area (TPSA) is 50.7 Å². The van der Waals surface area contributed by atoms with Crippen LogP contribution in [0, 0.1) is 5.92 Å². The minimum Gasteiger partial charge on any atom is -0.496 e. The second kappa shape index (κ2) is 6.57. The normalized spacial score (nSPS) is 20.3. The number of hydrogen-bond donors (Lipinski definition) is 1. The van der Waals surface area contributed by atoms with E-state index in [1.165, 1.54) is 12.8 Å². The lowest BCUT2D eigenvalue weighted by molar-refractivity contribution is -0.115. The summed E-state index contributed by atoms with van der Waals surface area (Å²) in [4.78, 5) is 16.7. The summed E-state index contributed by atoms with van der Waals surface area (Å²) in [5, 5.41) is 2.94. The molecule has 4 nitrogen and oxygen atoms in total. The number of methoxy groups -OCH3 is 1. The van der Waals surface area contributed by atoms with Crippen LogP contribution in [-0.2, 0) is 4.79 Å². The highest BCUT2D eigenvalue weighted by atomic mass is 16.5. The van der Waals surface area contributed by atoms with Crippen LogP contribution in [0.5, 0.6) is 5.75 Å². The number of ether oxygens (including phenoxy) is 1. The fourth-order valence-electron chi connectivity index (χ4n) is 3.33. The van der Waals surface area contributed by atoms with Crippen LogP contribution in [0.25, 0.3) is 6.08 Å². The fourth-order valence-corrected chi connectivity index (χ4v) is 3.33. The number of rotatable bonds is 4. The first kappa shape index (κ1) is 15.8. The molecule has 1 aromatic carbocycles. The van der Waals surface area contributed by atoms with E-state index in [0.717, 1.165) is 35.6 Å². The third-order valence-electron chi connectivity index (χ3n) is 4.64. The predicted molar refractivity (Wildman–Crippen MR) is 92.6 cm³/mol. The van der Waals surface area contributed by atoms with Gasteiger partial charge in [0.25, 0.3) is 5.91 Å². The summed E-state index contributed by atoms with van der Waals surface area (Å²) in [6, 6.07) is 6.00. The van der Waals surface area contributed by atoms with Crippen LogP contribution in [0.4, 0.5) is 0 Å². The molecule has 1 fully saturated rings. The van der Waals surface area contributed by atoms with Crippen molar-refractivity contribution in [3.8, 4) is 5.75 Å². The maximum absolute atomic E-state index is 12.2. The van der Waals surface area contributed by atoms with E-state index in [2.05, 4.69) is 30.2 Å². The largest absolute Gasteiger partial charge is 0.496 e. The minimum atomic E-state index is -0.0891. The molecule has 2 aliphatic rings. The van der Waals surface area contributed by atoms with Gasteiger partial charge in [0, 0.05) is 5.92 Å². The Morgan fingerprint density at radius 1 is 1.30 bits per heavy atom. The lowest BCUT2D eigenvalue weighted by Crippen LogP contribution is -2.29. The van der Waals surface area contributed by atoms with Crippen molar-refractivity contribution >= 4 is 17.8 Å². The van der Waals surface area contributed by atoms with Gasteiger partial charge in [0.1, 0.15) is 17.3 Å². The van der Waals surface area contributed by atoms with E-state index < -0.39 is 0 Å². The van der Waals surface area contributed by atoms with Gasteiger partial charge in [0.2, 0.25) is 0 Å². The number of carbonyl (C=O) groups excluding carboxylic acids is 1. The molecule has 0 bridgehead atoms. The maximum atomic E-state index is 12.2. The zero-order chi connectivity index (χ0) is 16.4. The van der Waals surface area contributed by atoms with Crippen molar-refractivity contribution < 1.29 is 9.53 Å². The summed E-state index contributed by atoms with van der Waals surface area (Å²) in [5.41, 5.74) is 2.63. The van der Waals surface area contributed by atoms with Crippen molar-refractivity contribution in [2.75, 3.05) is 7.11 Å². The van der Waals surface area contributed by atoms with Crippen molar-refractivity contribution in [3.63, 3.8) is 0 Å². The summed E-state index contributed by atoms with van der Waals surface area (Å²) in [6.45, 7) is 4.26. The van der Waals surface area contributed by atoms with E-state index in [1.54, 1.807) is 7.11 Å². The first-order valence-electron chi connectivity index (χ1n) is 8.38. The Balaban J connectivity index is 1.88. The van der Waals surface area contributed by atoms with Crippen LogP contribution >= 0.6 is 0 Å². The summed E-state index contributed by atoms with van der Waals surface area (Å²) in [5.74, 6) is 2.43. The minimum absolute atomic E-state index is 0.0891. The summed E-state index contributed by atoms with van der Waals surface area (Å²) in [7, 11) is 1.68. The van der Waals surface area contributed by atoms with Gasteiger partial charge in [-0.25, -0.2) is 4.99 Å². The van der Waals surface area contributed by atoms with E-state index in [-0.39, 0.29) is 5.91 Å². The number of aliphatic imine (C=N–C) groups is 1. The fraction of sp³-hybridized carbons (Fsp3) is 0.474. The SMILES string of the molecule is COc1ccc(/C=C2/N=C(C3CCCC3)NC2=O)cc1C(C)C. The van der Waals surface area contributed by atoms with Crippen molar-refractivity contribution in [1.29, 1.82) is 0 Å². The molecule has 1 aliphatic carbocycles. The molecule has 23 heavy (non-hydrogen) atoms.